The van der Waals surface area contributed by atoms with Gasteiger partial charge in [0, 0.05) is 44.5 Å². The molecule has 0 N–H and O–H groups in total. The number of furan rings is 1. The molecule has 2 aliphatic rings. The summed E-state index contributed by atoms with van der Waals surface area (Å²) in [6.45, 7) is 16.5. The van der Waals surface area contributed by atoms with E-state index in [1.165, 1.54) is 90.1 Å². The van der Waals surface area contributed by atoms with Crippen LogP contribution >= 0.6 is 0 Å². The van der Waals surface area contributed by atoms with Gasteiger partial charge in [0.15, 0.2) is 0 Å². The topological polar surface area (TPSA) is 21.3 Å². The zero-order valence-electron chi connectivity index (χ0n) is 46.9. The number of anilines is 2. The predicted octanol–water partition coefficient (Wildman–Crippen LogP) is 22.8. The fourth-order valence-corrected chi connectivity index (χ4v) is 10.7. The average molecular weight is 1020 g/mol. The maximum atomic E-state index is 6.93. The van der Waals surface area contributed by atoms with E-state index in [0.717, 1.165) is 63.8 Å². The van der Waals surface area contributed by atoms with Crippen molar-refractivity contribution in [2.45, 2.75) is 87.5 Å². The van der Waals surface area contributed by atoms with Crippen molar-refractivity contribution in [2.24, 2.45) is 0 Å². The molecular formula is C75H74N2O. The zero-order valence-corrected chi connectivity index (χ0v) is 46.9. The number of aromatic nitrogens is 1. The molecule has 0 aliphatic heterocycles. The van der Waals surface area contributed by atoms with Gasteiger partial charge in [0.2, 0.25) is 0 Å². The summed E-state index contributed by atoms with van der Waals surface area (Å²) in [5, 5.41) is 7.20. The Kier molecular flexibility index (Phi) is 18.0. The highest BCUT2D eigenvalue weighted by atomic mass is 16.3. The average Bonchev–Trinajstić information content (AvgIpc) is 4.17. The van der Waals surface area contributed by atoms with Gasteiger partial charge in [-0.1, -0.05) is 228 Å². The Bertz CT molecular complexity index is 3830. The van der Waals surface area contributed by atoms with E-state index >= 15 is 0 Å². The van der Waals surface area contributed by atoms with Crippen molar-refractivity contribution < 1.29 is 4.42 Å². The smallest absolute Gasteiger partial charge is 0.145 e. The second kappa shape index (κ2) is 25.9. The van der Waals surface area contributed by atoms with Crippen molar-refractivity contribution in [3.63, 3.8) is 0 Å². The second-order valence-electron chi connectivity index (χ2n) is 19.3. The van der Waals surface area contributed by atoms with Crippen LogP contribution in [0.5, 0.6) is 0 Å². The summed E-state index contributed by atoms with van der Waals surface area (Å²) in [6, 6.07) is 74.3. The second-order valence-corrected chi connectivity index (χ2v) is 19.3. The Balaban J connectivity index is 0.000000381. The molecule has 0 atom stereocenters. The molecule has 11 aromatic rings. The van der Waals surface area contributed by atoms with E-state index in [-0.39, 0.29) is 0 Å². The summed E-state index contributed by atoms with van der Waals surface area (Å²) in [4.78, 5) is 2.42. The van der Waals surface area contributed by atoms with E-state index in [1.54, 1.807) is 0 Å². The molecule has 0 saturated carbocycles. The van der Waals surface area contributed by atoms with Gasteiger partial charge in [-0.3, -0.25) is 0 Å². The highest BCUT2D eigenvalue weighted by molar-refractivity contribution is 6.26. The first-order valence-electron chi connectivity index (χ1n) is 28.3. The van der Waals surface area contributed by atoms with Crippen molar-refractivity contribution in [2.75, 3.05) is 4.90 Å². The molecule has 3 nitrogen and oxygen atoms in total. The Hall–Kier alpha value is -8.66. The third kappa shape index (κ3) is 11.5. The number of hydrogen-bond donors (Lipinski definition) is 0. The first kappa shape index (κ1) is 54.1. The van der Waals surface area contributed by atoms with Crippen molar-refractivity contribution in [3.8, 4) is 27.9 Å². The molecule has 2 aromatic heterocycles. The number of fused-ring (bicyclic) bond motifs is 8. The van der Waals surface area contributed by atoms with E-state index < -0.39 is 0 Å². The predicted molar refractivity (Wildman–Crippen MR) is 341 cm³/mol. The van der Waals surface area contributed by atoms with Crippen LogP contribution in [0.4, 0.5) is 11.4 Å². The molecule has 390 valence electrons. The van der Waals surface area contributed by atoms with Crippen molar-refractivity contribution in [1.29, 1.82) is 0 Å². The van der Waals surface area contributed by atoms with E-state index in [2.05, 4.69) is 273 Å². The maximum Gasteiger partial charge on any atom is 0.145 e. The summed E-state index contributed by atoms with van der Waals surface area (Å²) in [6.07, 6.45) is 18.8. The lowest BCUT2D eigenvalue weighted by atomic mass is 9.92. The molecule has 0 radical (unpaired) electrons. The Labute approximate surface area is 463 Å². The lowest BCUT2D eigenvalue weighted by Crippen LogP contribution is -2.17. The van der Waals surface area contributed by atoms with Crippen LogP contribution in [-0.4, -0.2) is 4.57 Å². The first-order valence-corrected chi connectivity index (χ1v) is 28.3. The molecule has 2 heterocycles. The van der Waals surface area contributed by atoms with Gasteiger partial charge in [-0.2, -0.15) is 0 Å². The summed E-state index contributed by atoms with van der Waals surface area (Å²) in [7, 11) is 0. The normalized spacial score (nSPS) is 13.0. The fraction of sp³-hybridized carbons (Fsp3) is 0.173. The number of allylic oxidation sites excluding steroid dienone is 10. The molecule has 0 amide bonds. The number of para-hydroxylation sites is 2. The van der Waals surface area contributed by atoms with Gasteiger partial charge >= 0.3 is 0 Å². The van der Waals surface area contributed by atoms with Gasteiger partial charge in [-0.25, -0.2) is 0 Å². The molecule has 2 aliphatic carbocycles. The van der Waals surface area contributed by atoms with Crippen LogP contribution in [0.25, 0.3) is 88.0 Å². The monoisotopic (exact) mass is 1020 g/mol. The number of benzene rings is 9. The van der Waals surface area contributed by atoms with Crippen LogP contribution in [0.1, 0.15) is 93.1 Å². The third-order valence-electron chi connectivity index (χ3n) is 14.7. The number of hydrogen-bond acceptors (Lipinski definition) is 2. The Morgan fingerprint density at radius 1 is 0.513 bits per heavy atom. The molecule has 13 rings (SSSR count). The van der Waals surface area contributed by atoms with Gasteiger partial charge in [0.25, 0.3) is 0 Å². The molecule has 0 saturated heterocycles. The first-order chi connectivity index (χ1) is 38.5. The van der Waals surface area contributed by atoms with Crippen LogP contribution in [0.3, 0.4) is 0 Å². The van der Waals surface area contributed by atoms with E-state index in [0.29, 0.717) is 0 Å². The summed E-state index contributed by atoms with van der Waals surface area (Å²) < 4.78 is 9.37. The van der Waals surface area contributed by atoms with Crippen molar-refractivity contribution >= 4 is 71.5 Å². The number of rotatable bonds is 8. The number of nitrogens with zero attached hydrogens (tertiary/aromatic N) is 2. The Morgan fingerprint density at radius 2 is 1.05 bits per heavy atom. The SMILES string of the molecule is C/C=C\CC.C1=C(c2cc3c4ccccc4n(-c4ccc5ccccc5c4)c3c3c2oc2ccccc23)CCC(N(c2ccc(-c3ccccc3)cc2)c2ccc(-c3ccccc3)cc2)=C1.CC.CC.CC1=CCCC=C1C. The summed E-state index contributed by atoms with van der Waals surface area (Å²) >= 11 is 0. The van der Waals surface area contributed by atoms with Crippen LogP contribution in [0.15, 0.2) is 264 Å². The van der Waals surface area contributed by atoms with Crippen LogP contribution < -0.4 is 4.90 Å². The summed E-state index contributed by atoms with van der Waals surface area (Å²) in [5.74, 6) is 0. The summed E-state index contributed by atoms with van der Waals surface area (Å²) in [5.41, 5.74) is 19.0. The zero-order chi connectivity index (χ0) is 54.4. The van der Waals surface area contributed by atoms with E-state index in [9.17, 15) is 0 Å². The van der Waals surface area contributed by atoms with Gasteiger partial charge in [-0.15, -0.1) is 0 Å². The van der Waals surface area contributed by atoms with Gasteiger partial charge in [0.05, 0.1) is 16.4 Å². The van der Waals surface area contributed by atoms with Crippen LogP contribution in [0, 0.1) is 0 Å². The van der Waals surface area contributed by atoms with E-state index in [1.807, 2.05) is 34.6 Å². The van der Waals surface area contributed by atoms with E-state index in [4.69, 9.17) is 4.42 Å². The molecular weight excluding hydrogens is 945 g/mol. The van der Waals surface area contributed by atoms with Gasteiger partial charge in [0.1, 0.15) is 11.2 Å². The van der Waals surface area contributed by atoms with Crippen LogP contribution in [-0.2, 0) is 0 Å². The minimum Gasteiger partial charge on any atom is -0.455 e. The lowest BCUT2D eigenvalue weighted by molar-refractivity contribution is 0.667. The molecule has 0 fully saturated rings. The largest absolute Gasteiger partial charge is 0.455 e. The van der Waals surface area contributed by atoms with Gasteiger partial charge in [-0.05, 0) is 152 Å². The molecule has 0 spiro atoms. The molecule has 3 heteroatoms. The standard InChI is InChI=1S/C58H40N2O.C8H12.C5H10.2C2H6/c1-3-13-39(14-4-1)42-23-30-46(31-24-42)59(47-32-25-43(26-33-47)40-15-5-2-6-16-40)48-34-28-44(29-35-48)52-38-53-50-19-9-11-21-54(50)60(49-36-27-41-17-7-8-18-45(41)37-49)57(53)56-51-20-10-12-22-55(51)61-58(52)56;1-7-5-3-4-6-8(7)2;1-3-5-4-2;2*1-2/h1-28,30-34,36-38H,29,35H2;5-6H,3-4H2,1-2H3;3,5H,4H2,1-2H3;2*1-2H3/b;;5-3-;;. The third-order valence-corrected chi connectivity index (χ3v) is 14.7. The minimum atomic E-state index is 0.866. The highest BCUT2D eigenvalue weighted by Crippen LogP contribution is 2.46. The van der Waals surface area contributed by atoms with Crippen molar-refractivity contribution in [1.82, 2.24) is 4.57 Å². The molecule has 0 bridgehead atoms. The molecule has 78 heavy (non-hydrogen) atoms. The quantitative estimate of drug-likeness (QED) is 0.141. The lowest BCUT2D eigenvalue weighted by Gasteiger charge is -2.30. The Morgan fingerprint density at radius 3 is 1.60 bits per heavy atom. The van der Waals surface area contributed by atoms with Gasteiger partial charge < -0.3 is 13.9 Å². The van der Waals surface area contributed by atoms with Crippen LogP contribution in [0.2, 0.25) is 0 Å². The highest BCUT2D eigenvalue weighted by Gasteiger charge is 2.25. The maximum absolute atomic E-state index is 6.93. The molecule has 0 unspecified atom stereocenters. The van der Waals surface area contributed by atoms with Crippen molar-refractivity contribution in [3.05, 3.63) is 265 Å². The minimum absolute atomic E-state index is 0.866. The molecule has 9 aromatic carbocycles. The fourth-order valence-electron chi connectivity index (χ4n) is 10.7.